The minimum absolute atomic E-state index is 0. The molecule has 0 fully saturated rings. The van der Waals surface area contributed by atoms with Gasteiger partial charge < -0.3 is 11.5 Å². The standard InChI is InChI=1S/2C10H8N2.C2H6N2.Re/c2*1-3-7-11-9(5-1)10-6-2-4-8-12-10;3-1-2-4;/h2*1-8H;3-4H,1-2H2;/q;;-2;. The van der Waals surface area contributed by atoms with Gasteiger partial charge in [-0.25, -0.2) is 0 Å². The average molecular weight is 557 g/mol. The largest absolute Gasteiger partial charge is 0.679 e. The molecule has 2 N–H and O–H groups in total. The minimum atomic E-state index is 0. The van der Waals surface area contributed by atoms with Crippen LogP contribution in [0.15, 0.2) is 97.6 Å². The van der Waals surface area contributed by atoms with Gasteiger partial charge in [0, 0.05) is 45.2 Å². The molecule has 0 unspecified atom stereocenters. The van der Waals surface area contributed by atoms with Crippen molar-refractivity contribution in [3.05, 3.63) is 109 Å². The van der Waals surface area contributed by atoms with Gasteiger partial charge in [0.05, 0.1) is 22.8 Å². The van der Waals surface area contributed by atoms with Crippen LogP contribution in [0.4, 0.5) is 0 Å². The zero-order valence-electron chi connectivity index (χ0n) is 15.8. The molecule has 0 aromatic carbocycles. The zero-order chi connectivity index (χ0) is 19.9. The molecule has 4 heterocycles. The summed E-state index contributed by atoms with van der Waals surface area (Å²) in [5, 5.41) is 0. The molecule has 6 nitrogen and oxygen atoms in total. The van der Waals surface area contributed by atoms with E-state index in [9.17, 15) is 0 Å². The van der Waals surface area contributed by atoms with E-state index in [-0.39, 0.29) is 33.5 Å². The van der Waals surface area contributed by atoms with Gasteiger partial charge in [0.2, 0.25) is 0 Å². The first-order valence-electron chi connectivity index (χ1n) is 8.79. The van der Waals surface area contributed by atoms with Crippen LogP contribution in [-0.2, 0) is 20.4 Å². The first kappa shape index (κ1) is 24.2. The summed E-state index contributed by atoms with van der Waals surface area (Å²) in [6.45, 7) is 0.472. The van der Waals surface area contributed by atoms with E-state index >= 15 is 0 Å². The molecule has 149 valence electrons. The minimum Gasteiger partial charge on any atom is -0.679 e. The van der Waals surface area contributed by atoms with Crippen LogP contribution in [0.1, 0.15) is 0 Å². The Labute approximate surface area is 185 Å². The second-order valence-electron chi connectivity index (χ2n) is 5.36. The molecule has 29 heavy (non-hydrogen) atoms. The maximum Gasteiger partial charge on any atom is 0.0886 e. The monoisotopic (exact) mass is 557 g/mol. The second kappa shape index (κ2) is 15.1. The third kappa shape index (κ3) is 9.28. The van der Waals surface area contributed by atoms with E-state index in [1.807, 2.05) is 72.8 Å². The zero-order valence-corrected chi connectivity index (χ0v) is 18.5. The van der Waals surface area contributed by atoms with Crippen molar-refractivity contribution >= 4 is 0 Å². The van der Waals surface area contributed by atoms with Crippen LogP contribution in [0, 0.1) is 0 Å². The van der Waals surface area contributed by atoms with Gasteiger partial charge in [0.1, 0.15) is 0 Å². The molecular weight excluding hydrogens is 534 g/mol. The van der Waals surface area contributed by atoms with E-state index in [0.29, 0.717) is 0 Å². The molecule has 0 saturated heterocycles. The van der Waals surface area contributed by atoms with Crippen LogP contribution in [0.3, 0.4) is 0 Å². The van der Waals surface area contributed by atoms with Crippen LogP contribution < -0.4 is 0 Å². The molecule has 1 radical (unpaired) electrons. The Bertz CT molecular complexity index is 726. The molecule has 0 amide bonds. The van der Waals surface area contributed by atoms with Crippen molar-refractivity contribution < 1.29 is 20.4 Å². The van der Waals surface area contributed by atoms with E-state index < -0.39 is 0 Å². The predicted molar refractivity (Wildman–Crippen MR) is 113 cm³/mol. The number of hydrogen-bond donors (Lipinski definition) is 0. The van der Waals surface area contributed by atoms with Gasteiger partial charge in [-0.3, -0.25) is 19.9 Å². The summed E-state index contributed by atoms with van der Waals surface area (Å²) in [4.78, 5) is 16.7. The van der Waals surface area contributed by atoms with Gasteiger partial charge in [-0.05, 0) is 48.5 Å². The smallest absolute Gasteiger partial charge is 0.0886 e. The number of nitrogens with one attached hydrogen (secondary N) is 2. The Kier molecular flexibility index (Phi) is 12.6. The van der Waals surface area contributed by atoms with Gasteiger partial charge in [-0.2, -0.15) is 13.1 Å². The van der Waals surface area contributed by atoms with Gasteiger partial charge in [0.15, 0.2) is 0 Å². The molecule has 0 aliphatic rings. The Morgan fingerprint density at radius 1 is 0.448 bits per heavy atom. The Morgan fingerprint density at radius 2 is 0.690 bits per heavy atom. The third-order valence-corrected chi connectivity index (χ3v) is 3.31. The van der Waals surface area contributed by atoms with E-state index in [4.69, 9.17) is 11.5 Å². The average Bonchev–Trinajstić information content (AvgIpc) is 2.82. The first-order valence-corrected chi connectivity index (χ1v) is 8.79. The molecule has 0 saturated carbocycles. The molecule has 4 aromatic rings. The molecule has 4 rings (SSSR count). The maximum absolute atomic E-state index is 6.26. The van der Waals surface area contributed by atoms with Crippen LogP contribution >= 0.6 is 0 Å². The summed E-state index contributed by atoms with van der Waals surface area (Å²) in [7, 11) is 0. The van der Waals surface area contributed by atoms with Crippen molar-refractivity contribution in [3.8, 4) is 22.8 Å². The molecule has 0 bridgehead atoms. The van der Waals surface area contributed by atoms with E-state index in [1.54, 1.807) is 24.8 Å². The number of aromatic nitrogens is 4. The molecule has 0 aliphatic heterocycles. The normalized spacial score (nSPS) is 9.03. The Morgan fingerprint density at radius 3 is 0.828 bits per heavy atom. The summed E-state index contributed by atoms with van der Waals surface area (Å²) in [6.07, 6.45) is 7.07. The molecule has 7 heteroatoms. The summed E-state index contributed by atoms with van der Waals surface area (Å²) in [6, 6.07) is 23.2. The summed E-state index contributed by atoms with van der Waals surface area (Å²) in [5.41, 5.74) is 16.2. The van der Waals surface area contributed by atoms with Crippen molar-refractivity contribution in [3.63, 3.8) is 0 Å². The van der Waals surface area contributed by atoms with E-state index in [0.717, 1.165) is 22.8 Å². The summed E-state index contributed by atoms with van der Waals surface area (Å²) >= 11 is 0. The fraction of sp³-hybridized carbons (Fsp3) is 0.0909. The second-order valence-corrected chi connectivity index (χ2v) is 5.36. The molecule has 4 aromatic heterocycles. The van der Waals surface area contributed by atoms with E-state index in [2.05, 4.69) is 19.9 Å². The van der Waals surface area contributed by atoms with Crippen LogP contribution in [0.25, 0.3) is 34.2 Å². The van der Waals surface area contributed by atoms with Crippen LogP contribution in [0.5, 0.6) is 0 Å². The van der Waals surface area contributed by atoms with Crippen molar-refractivity contribution in [1.82, 2.24) is 19.9 Å². The number of pyridine rings is 4. The molecule has 0 spiro atoms. The van der Waals surface area contributed by atoms with Crippen LogP contribution in [-0.4, -0.2) is 33.0 Å². The van der Waals surface area contributed by atoms with Crippen LogP contribution in [0.2, 0.25) is 0 Å². The SMILES string of the molecule is [NH-]CC[NH-].[Re].c1ccc(-c2ccccn2)nc1.c1ccc(-c2ccccn2)nc1. The number of nitrogens with zero attached hydrogens (tertiary/aromatic N) is 4. The number of hydrogen-bond acceptors (Lipinski definition) is 4. The summed E-state index contributed by atoms with van der Waals surface area (Å²) in [5.74, 6) is 0. The van der Waals surface area contributed by atoms with Gasteiger partial charge in [-0.15, -0.1) is 0 Å². The number of rotatable bonds is 3. The molecule has 0 atom stereocenters. The van der Waals surface area contributed by atoms with Crippen molar-refractivity contribution in [2.75, 3.05) is 13.1 Å². The van der Waals surface area contributed by atoms with Crippen molar-refractivity contribution in [1.29, 1.82) is 0 Å². The fourth-order valence-electron chi connectivity index (χ4n) is 2.06. The summed E-state index contributed by atoms with van der Waals surface area (Å²) < 4.78 is 0. The maximum atomic E-state index is 6.26. The molecular formula is C22H22N6Re-2. The van der Waals surface area contributed by atoms with Crippen molar-refractivity contribution in [2.24, 2.45) is 0 Å². The van der Waals surface area contributed by atoms with E-state index in [1.165, 1.54) is 0 Å². The predicted octanol–water partition coefficient (Wildman–Crippen LogP) is 5.38. The first-order chi connectivity index (χ1) is 13.8. The van der Waals surface area contributed by atoms with Gasteiger partial charge >= 0.3 is 0 Å². The fourth-order valence-corrected chi connectivity index (χ4v) is 2.06. The molecule has 0 aliphatic carbocycles. The van der Waals surface area contributed by atoms with Crippen molar-refractivity contribution in [2.45, 2.75) is 0 Å². The topological polar surface area (TPSA) is 99.2 Å². The third-order valence-electron chi connectivity index (χ3n) is 3.31. The van der Waals surface area contributed by atoms with Gasteiger partial charge in [-0.1, -0.05) is 24.3 Å². The Hall–Kier alpha value is -2.82. The van der Waals surface area contributed by atoms with Gasteiger partial charge in [0.25, 0.3) is 0 Å². The quantitative estimate of drug-likeness (QED) is 0.338. The Balaban J connectivity index is 0.000000239.